The Morgan fingerprint density at radius 2 is 1.93 bits per heavy atom. The normalized spacial score (nSPS) is 21.2. The Labute approximate surface area is 172 Å². The molecule has 5 nitrogen and oxygen atoms in total. The molecule has 1 saturated heterocycles. The van der Waals surface area contributed by atoms with Crippen LogP contribution >= 0.6 is 11.6 Å². The number of ether oxygens (including phenoxy) is 1. The van der Waals surface area contributed by atoms with Gasteiger partial charge in [-0.3, -0.25) is 9.59 Å². The van der Waals surface area contributed by atoms with E-state index < -0.39 is 6.04 Å². The van der Waals surface area contributed by atoms with Gasteiger partial charge in [0.2, 0.25) is 5.76 Å². The predicted molar refractivity (Wildman–Crippen MR) is 111 cm³/mol. The maximum atomic E-state index is 13.5. The molecular formula is C23H20ClNO4. The molecule has 0 N–H and O–H groups in total. The van der Waals surface area contributed by atoms with Gasteiger partial charge in [0.25, 0.3) is 5.91 Å². The smallest absolute Gasteiger partial charge is 0.291 e. The second-order valence-corrected chi connectivity index (χ2v) is 8.16. The minimum absolute atomic E-state index is 0.0326. The summed E-state index contributed by atoms with van der Waals surface area (Å²) in [5, 5.41) is 1.10. The molecule has 0 aliphatic carbocycles. The van der Waals surface area contributed by atoms with Crippen LogP contribution in [-0.2, 0) is 4.74 Å². The number of nitrogens with zero attached hydrogens (tertiary/aromatic N) is 1. The number of amides is 1. The quantitative estimate of drug-likeness (QED) is 0.640. The average Bonchev–Trinajstić information content (AvgIpc) is 3.32. The van der Waals surface area contributed by atoms with Gasteiger partial charge in [0.1, 0.15) is 5.58 Å². The molecule has 6 heteroatoms. The third-order valence-corrected chi connectivity index (χ3v) is 5.98. The van der Waals surface area contributed by atoms with Gasteiger partial charge in [-0.1, -0.05) is 35.4 Å². The Kier molecular flexibility index (Phi) is 4.45. The minimum Gasteiger partial charge on any atom is -0.450 e. The van der Waals surface area contributed by atoms with E-state index in [1.165, 1.54) is 0 Å². The summed E-state index contributed by atoms with van der Waals surface area (Å²) in [7, 11) is 0. The fourth-order valence-electron chi connectivity index (χ4n) is 4.32. The van der Waals surface area contributed by atoms with Gasteiger partial charge in [-0.15, -0.1) is 0 Å². The molecule has 3 aromatic rings. The van der Waals surface area contributed by atoms with Crippen LogP contribution < -0.4 is 5.43 Å². The molecule has 1 fully saturated rings. The summed E-state index contributed by atoms with van der Waals surface area (Å²) in [5.41, 5.74) is 2.47. The van der Waals surface area contributed by atoms with Crippen LogP contribution in [0.25, 0.3) is 11.0 Å². The van der Waals surface area contributed by atoms with Crippen LogP contribution in [0.2, 0.25) is 5.02 Å². The monoisotopic (exact) mass is 409 g/mol. The standard InChI is InChI=1S/C23H20ClNO4/c1-13-4-9-18-17(11-13)21(26)19-20(14-5-7-15(24)8-6-14)25(23(27)22(19)29-18)12-16-3-2-10-28-16/h4-9,11,16,20H,2-3,10,12H2,1H3/t16-,20-/m1/s1. The molecule has 0 spiro atoms. The Balaban J connectivity index is 1.71. The summed E-state index contributed by atoms with van der Waals surface area (Å²) in [5.74, 6) is -0.140. The van der Waals surface area contributed by atoms with Gasteiger partial charge in [0, 0.05) is 18.2 Å². The van der Waals surface area contributed by atoms with Crippen LogP contribution in [0.15, 0.2) is 51.7 Å². The van der Waals surface area contributed by atoms with Gasteiger partial charge in [-0.05, 0) is 49.6 Å². The number of hydrogen-bond acceptors (Lipinski definition) is 4. The lowest BCUT2D eigenvalue weighted by molar-refractivity contribution is 0.0486. The van der Waals surface area contributed by atoms with E-state index in [0.717, 1.165) is 24.0 Å². The van der Waals surface area contributed by atoms with E-state index in [1.807, 2.05) is 31.2 Å². The second-order valence-electron chi connectivity index (χ2n) is 7.72. The SMILES string of the molecule is Cc1ccc2oc3c(c(=O)c2c1)[C@@H](c1ccc(Cl)cc1)N(C[C@H]1CCCO1)C3=O. The van der Waals surface area contributed by atoms with Crippen LogP contribution in [0.1, 0.15) is 46.1 Å². The highest BCUT2D eigenvalue weighted by atomic mass is 35.5. The summed E-state index contributed by atoms with van der Waals surface area (Å²) >= 11 is 6.07. The summed E-state index contributed by atoms with van der Waals surface area (Å²) in [6.45, 7) is 3.05. The van der Waals surface area contributed by atoms with E-state index in [0.29, 0.717) is 34.7 Å². The van der Waals surface area contributed by atoms with Gasteiger partial charge in [0.15, 0.2) is 5.43 Å². The van der Waals surface area contributed by atoms with Gasteiger partial charge >= 0.3 is 0 Å². The zero-order chi connectivity index (χ0) is 20.1. The van der Waals surface area contributed by atoms with Crippen molar-refractivity contribution in [2.75, 3.05) is 13.2 Å². The summed E-state index contributed by atoms with van der Waals surface area (Å²) in [4.78, 5) is 28.5. The lowest BCUT2D eigenvalue weighted by Crippen LogP contribution is -2.36. The van der Waals surface area contributed by atoms with E-state index in [4.69, 9.17) is 20.8 Å². The number of benzene rings is 2. The number of aryl methyl sites for hydroxylation is 1. The number of fused-ring (bicyclic) bond motifs is 2. The molecule has 5 rings (SSSR count). The van der Waals surface area contributed by atoms with Gasteiger partial charge in [-0.25, -0.2) is 0 Å². The molecule has 1 aromatic heterocycles. The highest BCUT2D eigenvalue weighted by Gasteiger charge is 2.43. The van der Waals surface area contributed by atoms with Gasteiger partial charge in [0.05, 0.1) is 23.1 Å². The van der Waals surface area contributed by atoms with E-state index >= 15 is 0 Å². The number of carbonyl (C=O) groups excluding carboxylic acids is 1. The van der Waals surface area contributed by atoms with E-state index in [1.54, 1.807) is 23.1 Å². The van der Waals surface area contributed by atoms with Crippen LogP contribution in [0, 0.1) is 6.92 Å². The lowest BCUT2D eigenvalue weighted by Gasteiger charge is -2.27. The number of carbonyl (C=O) groups is 1. The molecule has 3 heterocycles. The maximum Gasteiger partial charge on any atom is 0.291 e. The molecule has 1 amide bonds. The predicted octanol–water partition coefficient (Wildman–Crippen LogP) is 4.48. The molecule has 148 valence electrons. The van der Waals surface area contributed by atoms with E-state index in [-0.39, 0.29) is 23.2 Å². The third-order valence-electron chi connectivity index (χ3n) is 5.73. The van der Waals surface area contributed by atoms with Crippen molar-refractivity contribution in [3.63, 3.8) is 0 Å². The Bertz CT molecular complexity index is 1160. The molecular weight excluding hydrogens is 390 g/mol. The average molecular weight is 410 g/mol. The summed E-state index contributed by atoms with van der Waals surface area (Å²) in [6, 6.07) is 12.2. The Morgan fingerprint density at radius 3 is 2.66 bits per heavy atom. The van der Waals surface area contributed by atoms with Crippen molar-refractivity contribution >= 4 is 28.5 Å². The first-order valence-corrected chi connectivity index (χ1v) is 10.2. The topological polar surface area (TPSA) is 59.8 Å². The van der Waals surface area contributed by atoms with Crippen molar-refractivity contribution in [1.29, 1.82) is 0 Å². The van der Waals surface area contributed by atoms with Crippen molar-refractivity contribution in [1.82, 2.24) is 4.90 Å². The molecule has 0 saturated carbocycles. The summed E-state index contributed by atoms with van der Waals surface area (Å²) < 4.78 is 11.7. The van der Waals surface area contributed by atoms with E-state index in [9.17, 15) is 9.59 Å². The largest absolute Gasteiger partial charge is 0.450 e. The molecule has 2 aliphatic rings. The van der Waals surface area contributed by atoms with Crippen molar-refractivity contribution < 1.29 is 13.9 Å². The van der Waals surface area contributed by atoms with Gasteiger partial charge in [-0.2, -0.15) is 0 Å². The zero-order valence-electron chi connectivity index (χ0n) is 16.0. The first-order valence-electron chi connectivity index (χ1n) is 9.78. The Morgan fingerprint density at radius 1 is 1.14 bits per heavy atom. The minimum atomic E-state index is -0.514. The van der Waals surface area contributed by atoms with Crippen molar-refractivity contribution in [3.8, 4) is 0 Å². The second kappa shape index (κ2) is 7.01. The molecule has 0 bridgehead atoms. The lowest BCUT2D eigenvalue weighted by atomic mass is 9.98. The van der Waals surface area contributed by atoms with Crippen LogP contribution in [0.3, 0.4) is 0 Å². The number of hydrogen-bond donors (Lipinski definition) is 0. The fraction of sp³-hybridized carbons (Fsp3) is 0.304. The fourth-order valence-corrected chi connectivity index (χ4v) is 4.45. The van der Waals surface area contributed by atoms with Gasteiger partial charge < -0.3 is 14.1 Å². The van der Waals surface area contributed by atoms with Crippen molar-refractivity contribution in [2.24, 2.45) is 0 Å². The zero-order valence-corrected chi connectivity index (χ0v) is 16.7. The molecule has 2 atom stereocenters. The van der Waals surface area contributed by atoms with Crippen LogP contribution in [-0.4, -0.2) is 30.1 Å². The molecule has 29 heavy (non-hydrogen) atoms. The van der Waals surface area contributed by atoms with Crippen LogP contribution in [0.4, 0.5) is 0 Å². The number of rotatable bonds is 3. The molecule has 0 unspecified atom stereocenters. The first-order chi connectivity index (χ1) is 14.0. The van der Waals surface area contributed by atoms with E-state index in [2.05, 4.69) is 0 Å². The molecule has 0 radical (unpaired) electrons. The van der Waals surface area contributed by atoms with Crippen molar-refractivity contribution in [2.45, 2.75) is 31.9 Å². The highest BCUT2D eigenvalue weighted by molar-refractivity contribution is 6.30. The van der Waals surface area contributed by atoms with Crippen LogP contribution in [0.5, 0.6) is 0 Å². The Hall–Kier alpha value is -2.63. The van der Waals surface area contributed by atoms with Crippen molar-refractivity contribution in [3.05, 3.63) is 80.2 Å². The number of halogens is 1. The molecule has 2 aromatic carbocycles. The highest BCUT2D eigenvalue weighted by Crippen LogP contribution is 2.39. The third kappa shape index (κ3) is 3.05. The first kappa shape index (κ1) is 18.4. The maximum absolute atomic E-state index is 13.5. The molecule has 2 aliphatic heterocycles. The summed E-state index contributed by atoms with van der Waals surface area (Å²) in [6.07, 6.45) is 1.84.